The number of anilines is 2. The Kier molecular flexibility index (Phi) is 5.05. The van der Waals surface area contributed by atoms with E-state index in [9.17, 15) is 18.4 Å². The summed E-state index contributed by atoms with van der Waals surface area (Å²) in [6.45, 7) is 3.44. The Morgan fingerprint density at radius 2 is 1.88 bits per heavy atom. The lowest BCUT2D eigenvalue weighted by Gasteiger charge is -2.26. The summed E-state index contributed by atoms with van der Waals surface area (Å²) in [6.07, 6.45) is -3.20. The fraction of sp³-hybridized carbons (Fsp3) is 0.450. The van der Waals surface area contributed by atoms with Crippen LogP contribution in [-0.2, 0) is 23.9 Å². The van der Waals surface area contributed by atoms with Crippen LogP contribution in [0, 0.1) is 11.3 Å². The number of hydrogen-bond donors (Lipinski definition) is 0. The van der Waals surface area contributed by atoms with Crippen molar-refractivity contribution in [1.82, 2.24) is 24.8 Å². The zero-order valence-electron chi connectivity index (χ0n) is 17.0. The molecule has 0 atom stereocenters. The van der Waals surface area contributed by atoms with Crippen molar-refractivity contribution in [2.24, 2.45) is 0 Å². The van der Waals surface area contributed by atoms with Gasteiger partial charge in [-0.2, -0.15) is 22.9 Å². The first-order chi connectivity index (χ1) is 15.4. The van der Waals surface area contributed by atoms with Gasteiger partial charge >= 0.3 is 6.18 Å². The Morgan fingerprint density at radius 1 is 1.06 bits per heavy atom. The van der Waals surface area contributed by atoms with Crippen molar-refractivity contribution in [3.63, 3.8) is 0 Å². The molecule has 12 heteroatoms. The van der Waals surface area contributed by atoms with Crippen molar-refractivity contribution >= 4 is 17.3 Å². The zero-order valence-corrected chi connectivity index (χ0v) is 17.0. The van der Waals surface area contributed by atoms with E-state index in [0.717, 1.165) is 22.2 Å². The van der Waals surface area contributed by atoms with Crippen molar-refractivity contribution < 1.29 is 17.9 Å². The average Bonchev–Trinajstić information content (AvgIpc) is 3.07. The Morgan fingerprint density at radius 3 is 2.69 bits per heavy atom. The van der Waals surface area contributed by atoms with Gasteiger partial charge in [-0.1, -0.05) is 0 Å². The molecule has 3 aromatic rings. The summed E-state index contributed by atoms with van der Waals surface area (Å²) in [5.41, 5.74) is 2.44. The highest BCUT2D eigenvalue weighted by molar-refractivity contribution is 5.57. The van der Waals surface area contributed by atoms with Crippen molar-refractivity contribution in [1.29, 1.82) is 5.26 Å². The first kappa shape index (κ1) is 20.4. The van der Waals surface area contributed by atoms with E-state index in [4.69, 9.17) is 9.72 Å². The molecular formula is C20H19F3N8O. The van der Waals surface area contributed by atoms with Gasteiger partial charge in [-0.15, -0.1) is 15.3 Å². The number of nitriles is 1. The van der Waals surface area contributed by atoms with Gasteiger partial charge in [0, 0.05) is 38.2 Å². The number of fused-ring (bicyclic) bond motifs is 2. The number of alkyl halides is 3. The number of ether oxygens (including phenoxy) is 1. The molecule has 0 saturated carbocycles. The van der Waals surface area contributed by atoms with Crippen molar-refractivity contribution in [2.75, 3.05) is 42.6 Å². The molecule has 5 heterocycles. The van der Waals surface area contributed by atoms with Crippen molar-refractivity contribution in [3.05, 3.63) is 40.8 Å². The second kappa shape index (κ2) is 7.90. The maximum absolute atomic E-state index is 13.2. The maximum atomic E-state index is 13.2. The van der Waals surface area contributed by atoms with Crippen molar-refractivity contribution in [3.8, 4) is 6.07 Å². The smallest absolute Gasteiger partial charge is 0.376 e. The molecule has 1 fully saturated rings. The summed E-state index contributed by atoms with van der Waals surface area (Å²) < 4.78 is 45.8. The number of halogens is 3. The van der Waals surface area contributed by atoms with E-state index >= 15 is 0 Å². The van der Waals surface area contributed by atoms with Gasteiger partial charge in [0.2, 0.25) is 0 Å². The lowest BCUT2D eigenvalue weighted by molar-refractivity contribution is -0.146. The third kappa shape index (κ3) is 3.69. The standard InChI is InChI=1S/C20H19F3N8O/c21-20(22,23)19-27-26-16-2-3-17(28-31(16)19)29-5-1-6-30(8-7-29)18-13(11-24)10-14-12-32-9-4-15(14)25-18/h2-3,10H,1,4-9,12H2. The topological polar surface area (TPSA) is 95.5 Å². The van der Waals surface area contributed by atoms with E-state index in [0.29, 0.717) is 63.0 Å². The van der Waals surface area contributed by atoms with E-state index in [1.165, 1.54) is 6.07 Å². The fourth-order valence-electron chi connectivity index (χ4n) is 4.08. The average molecular weight is 444 g/mol. The van der Waals surface area contributed by atoms with Crippen LogP contribution < -0.4 is 9.80 Å². The Labute approximate surface area is 181 Å². The quantitative estimate of drug-likeness (QED) is 0.594. The molecule has 0 bridgehead atoms. The van der Waals surface area contributed by atoms with Gasteiger partial charge < -0.3 is 14.5 Å². The lowest BCUT2D eigenvalue weighted by Crippen LogP contribution is -2.32. The van der Waals surface area contributed by atoms with Crippen LogP contribution in [0.5, 0.6) is 0 Å². The van der Waals surface area contributed by atoms with Gasteiger partial charge in [-0.25, -0.2) is 4.98 Å². The first-order valence-corrected chi connectivity index (χ1v) is 10.2. The van der Waals surface area contributed by atoms with E-state index in [-0.39, 0.29) is 5.65 Å². The number of pyridine rings is 1. The Bertz CT molecular complexity index is 1200. The molecule has 0 amide bonds. The van der Waals surface area contributed by atoms with Crippen LogP contribution in [0.1, 0.15) is 29.1 Å². The van der Waals surface area contributed by atoms with Crippen molar-refractivity contribution in [2.45, 2.75) is 25.6 Å². The molecule has 0 N–H and O–H groups in total. The molecule has 0 radical (unpaired) electrons. The summed E-state index contributed by atoms with van der Waals surface area (Å²) in [6, 6.07) is 7.21. The van der Waals surface area contributed by atoms with E-state index in [1.807, 2.05) is 11.0 Å². The normalized spacial score (nSPS) is 17.2. The Balaban J connectivity index is 1.40. The third-order valence-electron chi connectivity index (χ3n) is 5.65. The first-order valence-electron chi connectivity index (χ1n) is 10.2. The predicted octanol–water partition coefficient (Wildman–Crippen LogP) is 2.20. The summed E-state index contributed by atoms with van der Waals surface area (Å²) >= 11 is 0. The summed E-state index contributed by atoms with van der Waals surface area (Å²) in [5, 5.41) is 20.6. The molecule has 9 nitrogen and oxygen atoms in total. The maximum Gasteiger partial charge on any atom is 0.453 e. The zero-order chi connectivity index (χ0) is 22.3. The van der Waals surface area contributed by atoms with Crippen LogP contribution in [-0.4, -0.2) is 57.6 Å². The van der Waals surface area contributed by atoms with Gasteiger partial charge in [-0.05, 0) is 24.6 Å². The highest BCUT2D eigenvalue weighted by atomic mass is 19.4. The second-order valence-electron chi connectivity index (χ2n) is 7.69. The minimum absolute atomic E-state index is 0.0402. The van der Waals surface area contributed by atoms with Gasteiger partial charge in [-0.3, -0.25) is 0 Å². The van der Waals surface area contributed by atoms with Gasteiger partial charge in [0.05, 0.1) is 24.5 Å². The van der Waals surface area contributed by atoms with Crippen LogP contribution in [0.25, 0.3) is 5.65 Å². The van der Waals surface area contributed by atoms with Crippen LogP contribution >= 0.6 is 0 Å². The summed E-state index contributed by atoms with van der Waals surface area (Å²) in [4.78, 5) is 8.75. The van der Waals surface area contributed by atoms with Crippen LogP contribution in [0.15, 0.2) is 18.2 Å². The van der Waals surface area contributed by atoms with Gasteiger partial charge in [0.1, 0.15) is 17.7 Å². The number of nitrogens with zero attached hydrogens (tertiary/aromatic N) is 8. The molecule has 5 rings (SSSR count). The molecule has 0 unspecified atom stereocenters. The molecule has 1 saturated heterocycles. The lowest BCUT2D eigenvalue weighted by atomic mass is 10.1. The fourth-order valence-corrected chi connectivity index (χ4v) is 4.08. The Hall–Kier alpha value is -3.46. The molecule has 0 spiro atoms. The number of hydrogen-bond acceptors (Lipinski definition) is 8. The van der Waals surface area contributed by atoms with Crippen LogP contribution in [0.4, 0.5) is 24.8 Å². The minimum Gasteiger partial charge on any atom is -0.376 e. The third-order valence-corrected chi connectivity index (χ3v) is 5.65. The van der Waals surface area contributed by atoms with E-state index in [1.54, 1.807) is 6.07 Å². The molecule has 0 aromatic carbocycles. The molecule has 3 aromatic heterocycles. The van der Waals surface area contributed by atoms with Crippen LogP contribution in [0.3, 0.4) is 0 Å². The largest absolute Gasteiger partial charge is 0.453 e. The second-order valence-corrected chi connectivity index (χ2v) is 7.69. The van der Waals surface area contributed by atoms with E-state index < -0.39 is 12.0 Å². The molecule has 32 heavy (non-hydrogen) atoms. The highest BCUT2D eigenvalue weighted by Gasteiger charge is 2.38. The minimum atomic E-state index is -4.64. The number of aromatic nitrogens is 5. The number of rotatable bonds is 2. The predicted molar refractivity (Wildman–Crippen MR) is 107 cm³/mol. The monoisotopic (exact) mass is 444 g/mol. The van der Waals surface area contributed by atoms with E-state index in [2.05, 4.69) is 26.3 Å². The SMILES string of the molecule is N#Cc1cc2c(nc1N1CCCN(c3ccc4nnc(C(F)(F)F)n4n3)CC1)CCOC2. The summed E-state index contributed by atoms with van der Waals surface area (Å²) in [5.74, 6) is -0.0796. The van der Waals surface area contributed by atoms with Gasteiger partial charge in [0.25, 0.3) is 5.82 Å². The van der Waals surface area contributed by atoms with Crippen LogP contribution in [0.2, 0.25) is 0 Å². The highest BCUT2D eigenvalue weighted by Crippen LogP contribution is 2.29. The molecule has 0 aliphatic carbocycles. The molecule has 166 valence electrons. The molecule has 2 aliphatic rings. The molecular weight excluding hydrogens is 425 g/mol. The van der Waals surface area contributed by atoms with Gasteiger partial charge in [0.15, 0.2) is 5.65 Å². The summed E-state index contributed by atoms with van der Waals surface area (Å²) in [7, 11) is 0. The molecule has 2 aliphatic heterocycles.